The van der Waals surface area contributed by atoms with E-state index in [-0.39, 0.29) is 0 Å². The number of hydrogen-bond acceptors (Lipinski definition) is 0. The van der Waals surface area contributed by atoms with Gasteiger partial charge in [0.25, 0.3) is 0 Å². The predicted octanol–water partition coefficient (Wildman–Crippen LogP) is 5.67. The van der Waals surface area contributed by atoms with Crippen molar-refractivity contribution in [3.63, 3.8) is 0 Å². The maximum absolute atomic E-state index is 2.29. The van der Waals surface area contributed by atoms with E-state index in [1.165, 1.54) is 83.5 Å². The largest absolute Gasteiger partial charge is 0.0654 e. The Bertz CT molecular complexity index is 124. The first kappa shape index (κ1) is 13.1. The molecule has 0 aromatic heterocycles. The van der Waals surface area contributed by atoms with Crippen LogP contribution in [0, 0.1) is 5.92 Å². The zero-order valence-electron chi connectivity index (χ0n) is 10.7. The summed E-state index contributed by atoms with van der Waals surface area (Å²) in [5, 5.41) is 0. The van der Waals surface area contributed by atoms with Crippen LogP contribution in [0.5, 0.6) is 0 Å². The highest BCUT2D eigenvalue weighted by Crippen LogP contribution is 2.36. The molecule has 0 amide bonds. The van der Waals surface area contributed by atoms with E-state index in [1.807, 2.05) is 5.92 Å². The van der Waals surface area contributed by atoms with E-state index in [9.17, 15) is 0 Å². The summed E-state index contributed by atoms with van der Waals surface area (Å²) in [6, 6.07) is 0. The summed E-state index contributed by atoms with van der Waals surface area (Å²) >= 11 is 0. The van der Waals surface area contributed by atoms with Gasteiger partial charge in [-0.05, 0) is 25.2 Å². The Kier molecular flexibility index (Phi) is 8.05. The van der Waals surface area contributed by atoms with Crippen molar-refractivity contribution in [2.24, 2.45) is 0 Å². The molecule has 0 spiro atoms. The quantitative estimate of drug-likeness (QED) is 0.385. The molecule has 0 unspecified atom stereocenters. The van der Waals surface area contributed by atoms with Gasteiger partial charge in [0.05, 0.1) is 0 Å². The molecule has 0 nitrogen and oxygen atoms in total. The molecular formula is C15H29. The molecular weight excluding hydrogens is 180 g/mol. The molecule has 0 heterocycles. The normalized spacial score (nSPS) is 15.8. The van der Waals surface area contributed by atoms with Crippen LogP contribution < -0.4 is 0 Å². The van der Waals surface area contributed by atoms with Crippen LogP contribution in [-0.2, 0) is 0 Å². The standard InChI is InChI=1S/C15H29/c1-2-3-4-5-6-7-8-9-10-11-12-15-13-14-15/h2-14H2,1H3. The van der Waals surface area contributed by atoms with Crippen LogP contribution in [0.15, 0.2) is 0 Å². The third-order valence-electron chi connectivity index (χ3n) is 3.49. The van der Waals surface area contributed by atoms with Crippen LogP contribution in [0.3, 0.4) is 0 Å². The van der Waals surface area contributed by atoms with Gasteiger partial charge in [-0.2, -0.15) is 0 Å². The molecule has 1 radical (unpaired) electrons. The molecule has 15 heavy (non-hydrogen) atoms. The minimum absolute atomic E-state index is 1.37. The van der Waals surface area contributed by atoms with Crippen LogP contribution in [0.1, 0.15) is 90.4 Å². The highest BCUT2D eigenvalue weighted by Gasteiger charge is 2.20. The Balaban J connectivity index is 1.62. The average Bonchev–Trinajstić information content (AvgIpc) is 3.05. The number of unbranched alkanes of at least 4 members (excludes halogenated alkanes) is 9. The monoisotopic (exact) mass is 209 g/mol. The predicted molar refractivity (Wildman–Crippen MR) is 68.9 cm³/mol. The van der Waals surface area contributed by atoms with Crippen molar-refractivity contribution < 1.29 is 0 Å². The summed E-state index contributed by atoms with van der Waals surface area (Å²) in [5.74, 6) is 1.84. The molecule has 89 valence electrons. The average molecular weight is 209 g/mol. The Hall–Kier alpha value is 0. The first-order chi connectivity index (χ1) is 7.43. The van der Waals surface area contributed by atoms with Crippen molar-refractivity contribution >= 4 is 0 Å². The smallest absolute Gasteiger partial charge is 0.0241 e. The Morgan fingerprint density at radius 3 is 1.60 bits per heavy atom. The van der Waals surface area contributed by atoms with Gasteiger partial charge in [-0.25, -0.2) is 0 Å². The highest BCUT2D eigenvalue weighted by molar-refractivity contribution is 5.04. The Morgan fingerprint density at radius 2 is 1.13 bits per heavy atom. The van der Waals surface area contributed by atoms with E-state index >= 15 is 0 Å². The molecule has 0 aliphatic heterocycles. The summed E-state index contributed by atoms with van der Waals surface area (Å²) in [4.78, 5) is 0. The fourth-order valence-corrected chi connectivity index (χ4v) is 2.20. The maximum Gasteiger partial charge on any atom is -0.0241 e. The van der Waals surface area contributed by atoms with Crippen molar-refractivity contribution in [3.05, 3.63) is 5.92 Å². The van der Waals surface area contributed by atoms with Crippen molar-refractivity contribution in [3.8, 4) is 0 Å². The second-order valence-corrected chi connectivity index (χ2v) is 5.18. The number of hydrogen-bond donors (Lipinski definition) is 0. The minimum atomic E-state index is 1.37. The lowest BCUT2D eigenvalue weighted by molar-refractivity contribution is 0.555. The zero-order valence-corrected chi connectivity index (χ0v) is 10.7. The topological polar surface area (TPSA) is 0 Å². The minimum Gasteiger partial charge on any atom is -0.0654 e. The second kappa shape index (κ2) is 9.24. The van der Waals surface area contributed by atoms with Crippen molar-refractivity contribution in [2.75, 3.05) is 0 Å². The summed E-state index contributed by atoms with van der Waals surface area (Å²) in [6.07, 6.45) is 19.0. The summed E-state index contributed by atoms with van der Waals surface area (Å²) in [6.45, 7) is 2.29. The molecule has 0 N–H and O–H groups in total. The van der Waals surface area contributed by atoms with Gasteiger partial charge in [0, 0.05) is 0 Å². The molecule has 0 aromatic carbocycles. The number of rotatable bonds is 11. The van der Waals surface area contributed by atoms with Gasteiger partial charge in [0.2, 0.25) is 0 Å². The fourth-order valence-electron chi connectivity index (χ4n) is 2.20. The molecule has 0 atom stereocenters. The van der Waals surface area contributed by atoms with Gasteiger partial charge < -0.3 is 0 Å². The lowest BCUT2D eigenvalue weighted by atomic mass is 10.1. The van der Waals surface area contributed by atoms with E-state index in [1.54, 1.807) is 0 Å². The molecule has 1 saturated carbocycles. The van der Waals surface area contributed by atoms with Crippen LogP contribution in [0.25, 0.3) is 0 Å². The summed E-state index contributed by atoms with van der Waals surface area (Å²) < 4.78 is 0. The van der Waals surface area contributed by atoms with Gasteiger partial charge >= 0.3 is 0 Å². The molecule has 1 rings (SSSR count). The SMILES string of the molecule is CCCCCCCCCCCC[C]1CC1. The fraction of sp³-hybridized carbons (Fsp3) is 0.933. The first-order valence-electron chi connectivity index (χ1n) is 7.27. The van der Waals surface area contributed by atoms with E-state index in [0.717, 1.165) is 0 Å². The van der Waals surface area contributed by atoms with E-state index in [2.05, 4.69) is 6.92 Å². The van der Waals surface area contributed by atoms with E-state index in [0.29, 0.717) is 0 Å². The van der Waals surface area contributed by atoms with E-state index < -0.39 is 0 Å². The summed E-state index contributed by atoms with van der Waals surface area (Å²) in [7, 11) is 0. The zero-order chi connectivity index (χ0) is 10.8. The molecule has 1 aliphatic rings. The van der Waals surface area contributed by atoms with E-state index in [4.69, 9.17) is 0 Å². The molecule has 0 saturated heterocycles. The Morgan fingerprint density at radius 1 is 0.667 bits per heavy atom. The molecule has 1 aliphatic carbocycles. The van der Waals surface area contributed by atoms with Gasteiger partial charge in [0.1, 0.15) is 0 Å². The van der Waals surface area contributed by atoms with Gasteiger partial charge in [-0.3, -0.25) is 0 Å². The molecule has 0 aromatic rings. The third kappa shape index (κ3) is 8.96. The molecule has 0 bridgehead atoms. The molecule has 0 heteroatoms. The van der Waals surface area contributed by atoms with Crippen LogP contribution in [-0.4, -0.2) is 0 Å². The van der Waals surface area contributed by atoms with Gasteiger partial charge in [0.15, 0.2) is 0 Å². The van der Waals surface area contributed by atoms with Crippen molar-refractivity contribution in [1.29, 1.82) is 0 Å². The molecule has 1 fully saturated rings. The van der Waals surface area contributed by atoms with Crippen molar-refractivity contribution in [1.82, 2.24) is 0 Å². The lowest BCUT2D eigenvalue weighted by Crippen LogP contribution is -1.82. The van der Waals surface area contributed by atoms with Gasteiger partial charge in [-0.1, -0.05) is 71.1 Å². The Labute approximate surface area is 96.8 Å². The van der Waals surface area contributed by atoms with Crippen LogP contribution in [0.2, 0.25) is 0 Å². The van der Waals surface area contributed by atoms with Crippen LogP contribution in [0.4, 0.5) is 0 Å². The highest BCUT2D eigenvalue weighted by atomic mass is 14.3. The van der Waals surface area contributed by atoms with Gasteiger partial charge in [-0.15, -0.1) is 0 Å². The summed E-state index contributed by atoms with van der Waals surface area (Å²) in [5.41, 5.74) is 0. The first-order valence-corrected chi connectivity index (χ1v) is 7.27. The lowest BCUT2D eigenvalue weighted by Gasteiger charge is -2.01. The van der Waals surface area contributed by atoms with Crippen molar-refractivity contribution in [2.45, 2.75) is 90.4 Å². The third-order valence-corrected chi connectivity index (χ3v) is 3.49. The second-order valence-electron chi connectivity index (χ2n) is 5.18. The maximum atomic E-state index is 2.29. The van der Waals surface area contributed by atoms with Crippen LogP contribution >= 0.6 is 0 Å².